The molecule has 1 aliphatic rings. The Kier molecular flexibility index (Phi) is 1.05. The summed E-state index contributed by atoms with van der Waals surface area (Å²) in [4.78, 5) is 3.93. The lowest BCUT2D eigenvalue weighted by atomic mass is 11.0. The van der Waals surface area contributed by atoms with Crippen LogP contribution in [-0.2, 0) is 0 Å². The smallest absolute Gasteiger partial charge is 0.0838 e. The van der Waals surface area contributed by atoms with Crippen LogP contribution in [0.1, 0.15) is 0 Å². The van der Waals surface area contributed by atoms with Crippen molar-refractivity contribution in [2.45, 2.75) is 12.1 Å². The van der Waals surface area contributed by atoms with Crippen molar-refractivity contribution < 1.29 is 0 Å². The number of aliphatic imine (C=N–C) groups is 1. The fraction of sp³-hybridized carbons (Fsp3) is 0.750. The van der Waals surface area contributed by atoms with Gasteiger partial charge in [0.15, 0.2) is 0 Å². The molecule has 0 spiro atoms. The first kappa shape index (κ1) is 4.06. The summed E-state index contributed by atoms with van der Waals surface area (Å²) in [7, 11) is 1.65. The van der Waals surface area contributed by atoms with Gasteiger partial charge in [-0.15, -0.1) is 0 Å². The van der Waals surface area contributed by atoms with Gasteiger partial charge in [-0.25, -0.2) is 0 Å². The van der Waals surface area contributed by atoms with Crippen LogP contribution in [0.25, 0.3) is 0 Å². The predicted molar refractivity (Wildman–Crippen MR) is 31.2 cm³/mol. The standard InChI is InChI=1S/C4H9NSi/c1-5-4-6-2-3-6/h4,6H,2-3H2,1H3. The molecule has 34 valence electrons. The lowest BCUT2D eigenvalue weighted by Gasteiger charge is -1.67. The lowest BCUT2D eigenvalue weighted by molar-refractivity contribution is 1.48. The van der Waals surface area contributed by atoms with E-state index in [1.54, 1.807) is 0 Å². The van der Waals surface area contributed by atoms with Gasteiger partial charge in [-0.1, -0.05) is 12.1 Å². The van der Waals surface area contributed by atoms with Crippen molar-refractivity contribution in [1.82, 2.24) is 0 Å². The van der Waals surface area contributed by atoms with Gasteiger partial charge >= 0.3 is 0 Å². The zero-order valence-electron chi connectivity index (χ0n) is 4.02. The molecule has 0 N–H and O–H groups in total. The molecule has 0 bridgehead atoms. The van der Waals surface area contributed by atoms with Crippen molar-refractivity contribution in [2.24, 2.45) is 4.99 Å². The quantitative estimate of drug-likeness (QED) is 0.335. The van der Waals surface area contributed by atoms with E-state index in [4.69, 9.17) is 0 Å². The van der Waals surface area contributed by atoms with Gasteiger partial charge in [0.25, 0.3) is 0 Å². The van der Waals surface area contributed by atoms with Crippen LogP contribution in [0.5, 0.6) is 0 Å². The molecule has 1 aliphatic heterocycles. The van der Waals surface area contributed by atoms with Gasteiger partial charge in [0.2, 0.25) is 0 Å². The Hall–Kier alpha value is -0.113. The third-order valence-electron chi connectivity index (χ3n) is 0.982. The van der Waals surface area contributed by atoms with Crippen LogP contribution >= 0.6 is 0 Å². The van der Waals surface area contributed by atoms with Crippen LogP contribution in [0, 0.1) is 0 Å². The zero-order chi connectivity index (χ0) is 4.41. The Bertz CT molecular complexity index is 65.9. The second-order valence-electron chi connectivity index (χ2n) is 1.74. The number of nitrogens with zero attached hydrogens (tertiary/aromatic N) is 1. The van der Waals surface area contributed by atoms with Crippen LogP contribution < -0.4 is 0 Å². The summed E-state index contributed by atoms with van der Waals surface area (Å²) in [5.74, 6) is 2.17. The second-order valence-corrected chi connectivity index (χ2v) is 4.72. The summed E-state index contributed by atoms with van der Waals surface area (Å²) in [6.45, 7) is 0. The molecule has 2 heteroatoms. The molecule has 1 saturated heterocycles. The van der Waals surface area contributed by atoms with Gasteiger partial charge in [0, 0.05) is 7.05 Å². The highest BCUT2D eigenvalue weighted by molar-refractivity contribution is 6.93. The summed E-state index contributed by atoms with van der Waals surface area (Å²) in [5, 5.41) is 0. The maximum atomic E-state index is 3.93. The second kappa shape index (κ2) is 1.56. The molecule has 0 atom stereocenters. The monoisotopic (exact) mass is 99.1 g/mol. The molecule has 1 fully saturated rings. The number of hydrogen-bond donors (Lipinski definition) is 0. The van der Waals surface area contributed by atoms with E-state index >= 15 is 0 Å². The molecule has 1 rings (SSSR count). The van der Waals surface area contributed by atoms with E-state index < -0.39 is 0 Å². The minimum absolute atomic E-state index is 0.212. The third-order valence-corrected chi connectivity index (χ3v) is 2.95. The molecule has 1 nitrogen and oxygen atoms in total. The maximum Gasteiger partial charge on any atom is 0.0838 e. The third kappa shape index (κ3) is 0.935. The Morgan fingerprint density at radius 2 is 2.33 bits per heavy atom. The van der Waals surface area contributed by atoms with Crippen molar-refractivity contribution in [2.75, 3.05) is 7.05 Å². The van der Waals surface area contributed by atoms with Crippen LogP contribution in [0.3, 0.4) is 0 Å². The molecule has 0 saturated carbocycles. The van der Waals surface area contributed by atoms with Crippen LogP contribution in [0.15, 0.2) is 4.99 Å². The Morgan fingerprint density at radius 1 is 1.67 bits per heavy atom. The molecular formula is C4H9NSi. The summed E-state index contributed by atoms with van der Waals surface area (Å²) in [6, 6.07) is 3.02. The zero-order valence-corrected chi connectivity index (χ0v) is 5.17. The van der Waals surface area contributed by atoms with Gasteiger partial charge in [-0.2, -0.15) is 0 Å². The predicted octanol–water partition coefficient (Wildman–Crippen LogP) is 0.467. The van der Waals surface area contributed by atoms with Gasteiger partial charge in [-0.3, -0.25) is 0 Å². The summed E-state index contributed by atoms with van der Waals surface area (Å²) < 4.78 is 0. The van der Waals surface area contributed by atoms with Crippen LogP contribution in [0.4, 0.5) is 0 Å². The molecule has 0 aromatic rings. The average molecular weight is 99.2 g/mol. The van der Waals surface area contributed by atoms with E-state index in [0.717, 1.165) is 0 Å². The molecule has 1 heterocycles. The van der Waals surface area contributed by atoms with Gasteiger partial charge in [0.1, 0.15) is 0 Å². The highest BCUT2D eigenvalue weighted by Gasteiger charge is 2.19. The SMILES string of the molecule is CN=C[SiH]1CC1. The Labute approximate surface area is 39.7 Å². The van der Waals surface area contributed by atoms with Gasteiger partial charge < -0.3 is 4.99 Å². The largest absolute Gasteiger partial charge is 0.306 e. The van der Waals surface area contributed by atoms with E-state index in [2.05, 4.69) is 10.8 Å². The molecule has 6 heavy (non-hydrogen) atoms. The van der Waals surface area contributed by atoms with Crippen molar-refractivity contribution in [3.8, 4) is 0 Å². The van der Waals surface area contributed by atoms with E-state index in [1.807, 2.05) is 7.05 Å². The van der Waals surface area contributed by atoms with Gasteiger partial charge in [-0.05, 0) is 5.84 Å². The van der Waals surface area contributed by atoms with E-state index in [-0.39, 0.29) is 8.80 Å². The minimum atomic E-state index is -0.212. The van der Waals surface area contributed by atoms with Gasteiger partial charge in [0.05, 0.1) is 8.80 Å². The topological polar surface area (TPSA) is 12.4 Å². The average Bonchev–Trinajstić information content (AvgIpc) is 2.21. The van der Waals surface area contributed by atoms with Crippen molar-refractivity contribution >= 4 is 14.6 Å². The summed E-state index contributed by atoms with van der Waals surface area (Å²) in [5.41, 5.74) is 0. The van der Waals surface area contributed by atoms with E-state index in [9.17, 15) is 0 Å². The van der Waals surface area contributed by atoms with Crippen molar-refractivity contribution in [3.63, 3.8) is 0 Å². The highest BCUT2D eigenvalue weighted by atomic mass is 28.3. The number of rotatable bonds is 1. The molecule has 0 aromatic heterocycles. The molecule has 0 aliphatic carbocycles. The first-order valence-electron chi connectivity index (χ1n) is 2.36. The normalized spacial score (nSPS) is 22.8. The van der Waals surface area contributed by atoms with E-state index in [0.29, 0.717) is 0 Å². The first-order chi connectivity index (χ1) is 2.93. The lowest BCUT2D eigenvalue weighted by Crippen LogP contribution is -1.85. The van der Waals surface area contributed by atoms with E-state index in [1.165, 1.54) is 12.1 Å². The van der Waals surface area contributed by atoms with Crippen molar-refractivity contribution in [3.05, 3.63) is 0 Å². The molecule has 0 unspecified atom stereocenters. The number of hydrogen-bond acceptors (Lipinski definition) is 1. The van der Waals surface area contributed by atoms with Crippen LogP contribution in [0.2, 0.25) is 12.1 Å². The summed E-state index contributed by atoms with van der Waals surface area (Å²) in [6.07, 6.45) is 0. The first-order valence-corrected chi connectivity index (χ1v) is 4.65. The molecular weight excluding hydrogens is 90.1 g/mol. The molecule has 0 radical (unpaired) electrons. The van der Waals surface area contributed by atoms with Crippen molar-refractivity contribution in [1.29, 1.82) is 0 Å². The maximum absolute atomic E-state index is 3.93. The Morgan fingerprint density at radius 3 is 2.50 bits per heavy atom. The van der Waals surface area contributed by atoms with Crippen LogP contribution in [-0.4, -0.2) is 21.7 Å². The fourth-order valence-electron chi connectivity index (χ4n) is 0.456. The summed E-state index contributed by atoms with van der Waals surface area (Å²) >= 11 is 0. The minimum Gasteiger partial charge on any atom is -0.306 e. The highest BCUT2D eigenvalue weighted by Crippen LogP contribution is 2.17. The fourth-order valence-corrected chi connectivity index (χ4v) is 1.95. The molecule has 0 amide bonds. The Balaban J connectivity index is 2.15. The molecule has 0 aromatic carbocycles.